The van der Waals surface area contributed by atoms with Crippen LogP contribution in [0.25, 0.3) is 4.96 Å². The van der Waals surface area contributed by atoms with Crippen molar-refractivity contribution in [2.24, 2.45) is 0 Å². The van der Waals surface area contributed by atoms with Gasteiger partial charge in [0.1, 0.15) is 5.75 Å². The minimum atomic E-state index is -3.88. The maximum atomic E-state index is 12.6. The van der Waals surface area contributed by atoms with Crippen LogP contribution in [0.2, 0.25) is 0 Å². The van der Waals surface area contributed by atoms with Gasteiger partial charge in [-0.05, 0) is 12.1 Å². The van der Waals surface area contributed by atoms with E-state index >= 15 is 0 Å². The van der Waals surface area contributed by atoms with Crippen molar-refractivity contribution >= 4 is 37.8 Å². The Balaban J connectivity index is 2.09. The Morgan fingerprint density at radius 3 is 2.90 bits per heavy atom. The Bertz CT molecular complexity index is 898. The third-order valence-corrected chi connectivity index (χ3v) is 5.01. The molecule has 0 spiro atoms. The van der Waals surface area contributed by atoms with Gasteiger partial charge in [-0.1, -0.05) is 12.1 Å². The summed E-state index contributed by atoms with van der Waals surface area (Å²) in [6.45, 7) is 0. The van der Waals surface area contributed by atoms with Crippen molar-refractivity contribution in [2.75, 3.05) is 17.6 Å². The lowest BCUT2D eigenvalue weighted by atomic mass is 10.3. The van der Waals surface area contributed by atoms with E-state index in [2.05, 4.69) is 9.71 Å². The highest BCUT2D eigenvalue weighted by Gasteiger charge is 2.25. The van der Waals surface area contributed by atoms with Crippen LogP contribution >= 0.6 is 11.3 Å². The monoisotopic (exact) mass is 324 g/mol. The van der Waals surface area contributed by atoms with Gasteiger partial charge in [-0.3, -0.25) is 9.12 Å². The molecule has 0 unspecified atom stereocenters. The molecule has 0 aliphatic carbocycles. The number of nitrogens with one attached hydrogen (secondary N) is 1. The number of nitrogen functional groups attached to an aromatic ring is 1. The molecule has 0 saturated carbocycles. The molecule has 0 fully saturated rings. The number of sulfonamides is 1. The van der Waals surface area contributed by atoms with E-state index in [1.807, 2.05) is 0 Å². The normalized spacial score (nSPS) is 11.7. The third kappa shape index (κ3) is 2.30. The first-order valence-corrected chi connectivity index (χ1v) is 8.26. The Morgan fingerprint density at radius 2 is 2.14 bits per heavy atom. The molecule has 0 amide bonds. The van der Waals surface area contributed by atoms with Crippen LogP contribution in [0.1, 0.15) is 0 Å². The SMILES string of the molecule is COc1ccccc1NS(=O)(=O)c1c(N)nc2sccn12. The molecule has 21 heavy (non-hydrogen) atoms. The van der Waals surface area contributed by atoms with Gasteiger partial charge in [-0.25, -0.2) is 4.98 Å². The molecule has 2 aromatic heterocycles. The summed E-state index contributed by atoms with van der Waals surface area (Å²) < 4.78 is 34.2. The van der Waals surface area contributed by atoms with Gasteiger partial charge in [0.15, 0.2) is 10.8 Å². The summed E-state index contributed by atoms with van der Waals surface area (Å²) in [5.74, 6) is 0.384. The number of nitrogens with zero attached hydrogens (tertiary/aromatic N) is 2. The van der Waals surface area contributed by atoms with Crippen LogP contribution in [0.4, 0.5) is 11.5 Å². The molecule has 0 saturated heterocycles. The zero-order valence-electron chi connectivity index (χ0n) is 11.0. The predicted octanol–water partition coefficient (Wildman–Crippen LogP) is 1.79. The summed E-state index contributed by atoms with van der Waals surface area (Å²) in [5.41, 5.74) is 6.07. The van der Waals surface area contributed by atoms with E-state index in [1.54, 1.807) is 35.8 Å². The molecule has 3 aromatic rings. The number of ether oxygens (including phenoxy) is 1. The summed E-state index contributed by atoms with van der Waals surface area (Å²) in [6.07, 6.45) is 1.61. The molecule has 0 atom stereocenters. The third-order valence-electron chi connectivity index (χ3n) is 2.85. The molecule has 3 rings (SSSR count). The van der Waals surface area contributed by atoms with Crippen molar-refractivity contribution < 1.29 is 13.2 Å². The van der Waals surface area contributed by atoms with Crippen molar-refractivity contribution in [3.63, 3.8) is 0 Å². The topological polar surface area (TPSA) is 98.7 Å². The van der Waals surface area contributed by atoms with Crippen molar-refractivity contribution in [3.05, 3.63) is 35.8 Å². The molecule has 2 heterocycles. The van der Waals surface area contributed by atoms with Crippen molar-refractivity contribution in [1.29, 1.82) is 0 Å². The Kier molecular flexibility index (Phi) is 3.22. The first-order valence-electron chi connectivity index (χ1n) is 5.90. The van der Waals surface area contributed by atoms with Crippen molar-refractivity contribution in [3.8, 4) is 5.75 Å². The van der Waals surface area contributed by atoms with Gasteiger partial charge in [0.25, 0.3) is 10.0 Å². The number of hydrogen-bond donors (Lipinski definition) is 2. The minimum absolute atomic E-state index is 0.0377. The van der Waals surface area contributed by atoms with Crippen molar-refractivity contribution in [2.45, 2.75) is 5.03 Å². The second kappa shape index (κ2) is 4.93. The highest BCUT2D eigenvalue weighted by molar-refractivity contribution is 7.92. The molecule has 0 bridgehead atoms. The van der Waals surface area contributed by atoms with Gasteiger partial charge in [0, 0.05) is 11.6 Å². The predicted molar refractivity (Wildman–Crippen MR) is 81.3 cm³/mol. The quantitative estimate of drug-likeness (QED) is 0.762. The molecule has 0 aliphatic heterocycles. The number of anilines is 2. The summed E-state index contributed by atoms with van der Waals surface area (Å²) in [6, 6.07) is 6.73. The zero-order valence-corrected chi connectivity index (χ0v) is 12.6. The number of hydrogen-bond acceptors (Lipinski definition) is 6. The molecule has 0 radical (unpaired) electrons. The first kappa shape index (κ1) is 13.7. The van der Waals surface area contributed by atoms with E-state index in [-0.39, 0.29) is 10.8 Å². The molecular weight excluding hydrogens is 312 g/mol. The number of nitrogens with two attached hydrogens (primary N) is 1. The lowest BCUT2D eigenvalue weighted by Gasteiger charge is -2.11. The van der Waals surface area contributed by atoms with E-state index in [4.69, 9.17) is 10.5 Å². The lowest BCUT2D eigenvalue weighted by Crippen LogP contribution is -2.16. The zero-order chi connectivity index (χ0) is 15.0. The van der Waals surface area contributed by atoms with E-state index < -0.39 is 10.0 Å². The van der Waals surface area contributed by atoms with Crippen LogP contribution in [0.3, 0.4) is 0 Å². The second-order valence-corrected chi connectivity index (χ2v) is 6.63. The smallest absolute Gasteiger partial charge is 0.281 e. The van der Waals surface area contributed by atoms with E-state index in [1.165, 1.54) is 22.8 Å². The standard InChI is InChI=1S/C12H12N4O3S2/c1-19-9-5-3-2-4-8(9)15-21(17,18)11-10(13)14-12-16(11)6-7-20-12/h2-7,15H,13H2,1H3. The number of imidazole rings is 1. The molecule has 7 nitrogen and oxygen atoms in total. The lowest BCUT2D eigenvalue weighted by molar-refractivity contribution is 0.417. The fourth-order valence-corrected chi connectivity index (χ4v) is 4.03. The Morgan fingerprint density at radius 1 is 1.38 bits per heavy atom. The molecule has 0 aliphatic rings. The number of aromatic nitrogens is 2. The van der Waals surface area contributed by atoms with Gasteiger partial charge < -0.3 is 10.5 Å². The van der Waals surface area contributed by atoms with Crippen LogP contribution in [0, 0.1) is 0 Å². The summed E-state index contributed by atoms with van der Waals surface area (Å²) in [4.78, 5) is 4.55. The van der Waals surface area contributed by atoms with Gasteiger partial charge in [0.2, 0.25) is 5.03 Å². The molecule has 9 heteroatoms. The molecule has 3 N–H and O–H groups in total. The van der Waals surface area contributed by atoms with Gasteiger partial charge >= 0.3 is 0 Å². The second-order valence-electron chi connectivity index (χ2n) is 4.16. The number of rotatable bonds is 4. The summed E-state index contributed by atoms with van der Waals surface area (Å²) in [7, 11) is -2.41. The molecule has 1 aromatic carbocycles. The molecule has 110 valence electrons. The van der Waals surface area contributed by atoms with Gasteiger partial charge in [-0.15, -0.1) is 11.3 Å². The number of fused-ring (bicyclic) bond motifs is 1. The number of methoxy groups -OCH3 is 1. The van der Waals surface area contributed by atoms with E-state index in [0.29, 0.717) is 16.4 Å². The van der Waals surface area contributed by atoms with Crippen LogP contribution < -0.4 is 15.2 Å². The van der Waals surface area contributed by atoms with Gasteiger partial charge in [-0.2, -0.15) is 8.42 Å². The fourth-order valence-electron chi connectivity index (χ4n) is 1.97. The van der Waals surface area contributed by atoms with E-state index in [0.717, 1.165) is 0 Å². The molecular formula is C12H12N4O3S2. The number of thiazole rings is 1. The Hall–Kier alpha value is -2.26. The van der Waals surface area contributed by atoms with Crippen molar-refractivity contribution in [1.82, 2.24) is 9.38 Å². The number of para-hydroxylation sites is 2. The summed E-state index contributed by atoms with van der Waals surface area (Å²) >= 11 is 1.31. The van der Waals surface area contributed by atoms with Crippen LogP contribution in [-0.2, 0) is 10.0 Å². The maximum absolute atomic E-state index is 12.6. The van der Waals surface area contributed by atoms with Gasteiger partial charge in [0.05, 0.1) is 12.8 Å². The number of benzene rings is 1. The van der Waals surface area contributed by atoms with Crippen LogP contribution in [0.15, 0.2) is 40.9 Å². The van der Waals surface area contributed by atoms with Crippen LogP contribution in [0.5, 0.6) is 5.75 Å². The fraction of sp³-hybridized carbons (Fsp3) is 0.0833. The highest BCUT2D eigenvalue weighted by Crippen LogP contribution is 2.29. The highest BCUT2D eigenvalue weighted by atomic mass is 32.2. The largest absolute Gasteiger partial charge is 0.495 e. The van der Waals surface area contributed by atoms with Crippen LogP contribution in [-0.4, -0.2) is 24.9 Å². The van der Waals surface area contributed by atoms with E-state index in [9.17, 15) is 8.42 Å². The maximum Gasteiger partial charge on any atom is 0.281 e. The summed E-state index contributed by atoms with van der Waals surface area (Å²) in [5, 5.41) is 1.66. The average Bonchev–Trinajstić information content (AvgIpc) is 2.98. The Labute approximate surface area is 125 Å². The first-order chi connectivity index (χ1) is 10.0. The minimum Gasteiger partial charge on any atom is -0.495 e. The average molecular weight is 324 g/mol.